The second kappa shape index (κ2) is 6.18. The maximum atomic E-state index is 12.0. The van der Waals surface area contributed by atoms with Gasteiger partial charge in [-0.2, -0.15) is 0 Å². The van der Waals surface area contributed by atoms with E-state index in [9.17, 15) is 9.59 Å². The number of carbonyl (C=O) groups is 1. The van der Waals surface area contributed by atoms with E-state index in [2.05, 4.69) is 15.3 Å². The van der Waals surface area contributed by atoms with E-state index in [1.165, 1.54) is 6.07 Å². The van der Waals surface area contributed by atoms with Gasteiger partial charge in [-0.3, -0.25) is 9.59 Å². The van der Waals surface area contributed by atoms with Gasteiger partial charge in [-0.25, -0.2) is 4.98 Å². The van der Waals surface area contributed by atoms with Crippen LogP contribution in [0.3, 0.4) is 0 Å². The van der Waals surface area contributed by atoms with Crippen LogP contribution in [0.4, 0.5) is 0 Å². The predicted molar refractivity (Wildman–Crippen MR) is 73.6 cm³/mol. The highest BCUT2D eigenvalue weighted by Gasteiger charge is 2.12. The van der Waals surface area contributed by atoms with Crippen molar-refractivity contribution < 1.29 is 9.21 Å². The van der Waals surface area contributed by atoms with E-state index in [1.54, 1.807) is 13.2 Å². The Morgan fingerprint density at radius 1 is 1.55 bits per heavy atom. The molecule has 0 saturated carbocycles. The van der Waals surface area contributed by atoms with Gasteiger partial charge in [0.15, 0.2) is 0 Å². The first kappa shape index (κ1) is 14.0. The molecule has 2 aromatic heterocycles. The molecule has 0 aromatic carbocycles. The molecule has 0 aliphatic carbocycles. The fraction of sp³-hybridized carbons (Fsp3) is 0.357. The summed E-state index contributed by atoms with van der Waals surface area (Å²) in [5.74, 6) is 0.966. The number of hydrogen-bond acceptors (Lipinski definition) is 4. The lowest BCUT2D eigenvalue weighted by Gasteiger charge is -2.12. The van der Waals surface area contributed by atoms with Crippen LogP contribution >= 0.6 is 0 Å². The van der Waals surface area contributed by atoms with Crippen molar-refractivity contribution >= 4 is 5.91 Å². The second-order valence-corrected chi connectivity index (χ2v) is 4.71. The van der Waals surface area contributed by atoms with E-state index in [4.69, 9.17) is 4.42 Å². The van der Waals surface area contributed by atoms with Gasteiger partial charge in [-0.1, -0.05) is 0 Å². The van der Waals surface area contributed by atoms with Gasteiger partial charge in [0.1, 0.15) is 17.3 Å². The van der Waals surface area contributed by atoms with Gasteiger partial charge in [0.05, 0.1) is 6.26 Å². The van der Waals surface area contributed by atoms with Crippen LogP contribution in [0.1, 0.15) is 35.4 Å². The van der Waals surface area contributed by atoms with Crippen molar-refractivity contribution in [2.45, 2.75) is 32.7 Å². The summed E-state index contributed by atoms with van der Waals surface area (Å²) in [4.78, 5) is 29.8. The summed E-state index contributed by atoms with van der Waals surface area (Å²) in [7, 11) is 0. The highest BCUT2D eigenvalue weighted by molar-refractivity contribution is 5.92. The lowest BCUT2D eigenvalue weighted by molar-refractivity contribution is 0.0932. The first-order valence-electron chi connectivity index (χ1n) is 6.46. The normalized spacial score (nSPS) is 12.1. The Labute approximate surface area is 116 Å². The summed E-state index contributed by atoms with van der Waals surface area (Å²) >= 11 is 0. The van der Waals surface area contributed by atoms with Crippen molar-refractivity contribution in [1.82, 2.24) is 15.3 Å². The fourth-order valence-electron chi connectivity index (χ4n) is 1.88. The lowest BCUT2D eigenvalue weighted by atomic mass is 10.1. The van der Waals surface area contributed by atoms with Crippen molar-refractivity contribution in [3.8, 4) is 0 Å². The third-order valence-electron chi connectivity index (χ3n) is 2.87. The molecule has 1 amide bonds. The molecule has 2 heterocycles. The van der Waals surface area contributed by atoms with E-state index in [0.29, 0.717) is 5.82 Å². The summed E-state index contributed by atoms with van der Waals surface area (Å²) in [6.45, 7) is 3.54. The highest BCUT2D eigenvalue weighted by atomic mass is 16.3. The summed E-state index contributed by atoms with van der Waals surface area (Å²) in [5, 5.41) is 2.82. The van der Waals surface area contributed by atoms with Crippen LogP contribution in [0.2, 0.25) is 0 Å². The molecule has 2 aromatic rings. The van der Waals surface area contributed by atoms with Crippen LogP contribution in [0.5, 0.6) is 0 Å². The molecule has 0 bridgehead atoms. The standard InChI is InChI=1S/C14H17N3O3/c1-9(5-6-11-4-3-7-20-11)15-14(19)12-8-13(18)17-10(2)16-12/h3-4,7-9H,5-6H2,1-2H3,(H,15,19)(H,16,17,18). The number of aryl methyl sites for hydroxylation is 2. The minimum Gasteiger partial charge on any atom is -0.469 e. The quantitative estimate of drug-likeness (QED) is 0.863. The van der Waals surface area contributed by atoms with Gasteiger partial charge in [0.2, 0.25) is 0 Å². The SMILES string of the molecule is Cc1nc(C(=O)NC(C)CCc2ccco2)cc(=O)[nH]1. The molecule has 0 aliphatic heterocycles. The maximum Gasteiger partial charge on any atom is 0.270 e. The monoisotopic (exact) mass is 275 g/mol. The molecule has 1 atom stereocenters. The van der Waals surface area contributed by atoms with E-state index in [0.717, 1.165) is 18.6 Å². The number of amides is 1. The number of aromatic amines is 1. The van der Waals surface area contributed by atoms with Crippen molar-refractivity contribution in [1.29, 1.82) is 0 Å². The molecule has 6 heteroatoms. The second-order valence-electron chi connectivity index (χ2n) is 4.71. The highest BCUT2D eigenvalue weighted by Crippen LogP contribution is 2.06. The number of hydrogen-bond donors (Lipinski definition) is 2. The van der Waals surface area contributed by atoms with Crippen LogP contribution in [-0.2, 0) is 6.42 Å². The fourth-order valence-corrected chi connectivity index (χ4v) is 1.88. The summed E-state index contributed by atoms with van der Waals surface area (Å²) in [6.07, 6.45) is 3.12. The molecule has 0 spiro atoms. The average Bonchev–Trinajstić information content (AvgIpc) is 2.88. The minimum atomic E-state index is -0.342. The molecular weight excluding hydrogens is 258 g/mol. The topological polar surface area (TPSA) is 88.0 Å². The van der Waals surface area contributed by atoms with Crippen molar-refractivity contribution in [3.63, 3.8) is 0 Å². The van der Waals surface area contributed by atoms with Crippen LogP contribution < -0.4 is 10.9 Å². The Morgan fingerprint density at radius 3 is 3.00 bits per heavy atom. The van der Waals surface area contributed by atoms with Crippen LogP contribution in [0.15, 0.2) is 33.7 Å². The van der Waals surface area contributed by atoms with E-state index in [-0.39, 0.29) is 23.2 Å². The van der Waals surface area contributed by atoms with Gasteiger partial charge in [0, 0.05) is 18.5 Å². The zero-order valence-corrected chi connectivity index (χ0v) is 11.5. The third kappa shape index (κ3) is 3.81. The number of aromatic nitrogens is 2. The molecule has 0 fully saturated rings. The molecule has 6 nitrogen and oxygen atoms in total. The van der Waals surface area contributed by atoms with Gasteiger partial charge in [-0.15, -0.1) is 0 Å². The average molecular weight is 275 g/mol. The number of rotatable bonds is 5. The zero-order chi connectivity index (χ0) is 14.5. The van der Waals surface area contributed by atoms with Crippen molar-refractivity contribution in [2.24, 2.45) is 0 Å². The molecule has 2 N–H and O–H groups in total. The Balaban J connectivity index is 1.91. The molecule has 2 rings (SSSR count). The Morgan fingerprint density at radius 2 is 2.35 bits per heavy atom. The summed E-state index contributed by atoms with van der Waals surface area (Å²) in [5.41, 5.74) is -0.193. The van der Waals surface area contributed by atoms with E-state index in [1.807, 2.05) is 19.1 Å². The smallest absolute Gasteiger partial charge is 0.270 e. The predicted octanol–water partition coefficient (Wildman–Crippen LogP) is 1.42. The molecule has 106 valence electrons. The van der Waals surface area contributed by atoms with Crippen LogP contribution in [0.25, 0.3) is 0 Å². The lowest BCUT2D eigenvalue weighted by Crippen LogP contribution is -2.34. The van der Waals surface area contributed by atoms with Gasteiger partial charge >= 0.3 is 0 Å². The van der Waals surface area contributed by atoms with Crippen molar-refractivity contribution in [3.05, 3.63) is 52.1 Å². The third-order valence-corrected chi connectivity index (χ3v) is 2.87. The minimum absolute atomic E-state index is 0.0333. The number of carbonyl (C=O) groups excluding carboxylic acids is 1. The number of H-pyrrole nitrogens is 1. The number of nitrogens with zero attached hydrogens (tertiary/aromatic N) is 1. The van der Waals surface area contributed by atoms with Crippen LogP contribution in [-0.4, -0.2) is 21.9 Å². The van der Waals surface area contributed by atoms with Gasteiger partial charge in [0.25, 0.3) is 11.5 Å². The van der Waals surface area contributed by atoms with Crippen LogP contribution in [0, 0.1) is 6.92 Å². The molecule has 1 unspecified atom stereocenters. The Hall–Kier alpha value is -2.37. The number of nitrogens with one attached hydrogen (secondary N) is 2. The zero-order valence-electron chi connectivity index (χ0n) is 11.5. The first-order valence-corrected chi connectivity index (χ1v) is 6.46. The molecule has 0 saturated heterocycles. The molecular formula is C14H17N3O3. The summed E-state index contributed by atoms with van der Waals surface area (Å²) < 4.78 is 5.23. The van der Waals surface area contributed by atoms with E-state index >= 15 is 0 Å². The first-order chi connectivity index (χ1) is 9.54. The molecule has 20 heavy (non-hydrogen) atoms. The Bertz CT molecular complexity index is 631. The van der Waals surface area contributed by atoms with Gasteiger partial charge < -0.3 is 14.7 Å². The largest absolute Gasteiger partial charge is 0.469 e. The number of furan rings is 1. The Kier molecular flexibility index (Phi) is 4.34. The van der Waals surface area contributed by atoms with E-state index < -0.39 is 0 Å². The molecule has 0 aliphatic rings. The molecule has 0 radical (unpaired) electrons. The van der Waals surface area contributed by atoms with Gasteiger partial charge in [-0.05, 0) is 32.4 Å². The maximum absolute atomic E-state index is 12.0. The summed E-state index contributed by atoms with van der Waals surface area (Å²) in [6, 6.07) is 4.90. The van der Waals surface area contributed by atoms with Crippen molar-refractivity contribution in [2.75, 3.05) is 0 Å².